The van der Waals surface area contributed by atoms with Crippen molar-refractivity contribution in [1.82, 2.24) is 4.57 Å². The summed E-state index contributed by atoms with van der Waals surface area (Å²) in [6, 6.07) is 4.43. The maximum atomic E-state index is 6.61. The minimum atomic E-state index is 0.715. The fourth-order valence-electron chi connectivity index (χ4n) is 7.32. The second-order valence-corrected chi connectivity index (χ2v) is 15.9. The number of benzene rings is 1. The van der Waals surface area contributed by atoms with Gasteiger partial charge in [-0.1, -0.05) is 194 Å². The smallest absolute Gasteiger partial charge is 0.244 e. The highest BCUT2D eigenvalue weighted by Crippen LogP contribution is 2.40. The molecule has 306 valence electrons. The first-order chi connectivity index (χ1) is 26.2. The van der Waals surface area contributed by atoms with E-state index >= 15 is 0 Å². The number of nitrogens with zero attached hydrogens (tertiary/aromatic N) is 2. The van der Waals surface area contributed by atoms with Gasteiger partial charge in [-0.05, 0) is 38.3 Å². The number of aryl methyl sites for hydroxylation is 1. The highest BCUT2D eigenvalue weighted by molar-refractivity contribution is 5.54. The van der Waals surface area contributed by atoms with E-state index in [1.807, 2.05) is 0 Å². The molecule has 0 saturated heterocycles. The van der Waals surface area contributed by atoms with Crippen LogP contribution in [0.25, 0.3) is 0 Å². The van der Waals surface area contributed by atoms with Gasteiger partial charge in [0.25, 0.3) is 0 Å². The third kappa shape index (κ3) is 24.8. The average Bonchev–Trinajstić information content (AvgIpc) is 3.63. The quantitative estimate of drug-likeness (QED) is 0.0506. The number of hydrogen-bond donors (Lipinski definition) is 0. The van der Waals surface area contributed by atoms with Gasteiger partial charge in [-0.2, -0.15) is 0 Å². The lowest BCUT2D eigenvalue weighted by Gasteiger charge is -2.19. The molecule has 2 aromatic rings. The Morgan fingerprint density at radius 2 is 0.774 bits per heavy atom. The Labute approximate surface area is 329 Å². The molecule has 0 atom stereocenters. The van der Waals surface area contributed by atoms with Crippen LogP contribution in [-0.4, -0.2) is 24.4 Å². The van der Waals surface area contributed by atoms with Crippen molar-refractivity contribution < 1.29 is 18.8 Å². The molecule has 2 rings (SSSR count). The molecule has 0 aliphatic carbocycles. The SMILES string of the molecule is CCCCCCCCCCCCOc1cc(C[n+]2ccn(CC)c2)cc(OCCCCCCCCCCCC)c1OCCCCCCCCCCCC. The highest BCUT2D eigenvalue weighted by atomic mass is 16.5. The Bertz CT molecular complexity index is 1040. The van der Waals surface area contributed by atoms with Gasteiger partial charge in [0, 0.05) is 5.56 Å². The number of unbranched alkanes of at least 4 members (excludes halogenated alkanes) is 27. The van der Waals surface area contributed by atoms with Gasteiger partial charge in [0.15, 0.2) is 11.5 Å². The van der Waals surface area contributed by atoms with Gasteiger partial charge in [-0.3, -0.25) is 0 Å². The van der Waals surface area contributed by atoms with Crippen LogP contribution in [0.1, 0.15) is 226 Å². The number of ether oxygens (including phenoxy) is 3. The molecule has 0 bridgehead atoms. The van der Waals surface area contributed by atoms with Gasteiger partial charge in [0.05, 0.1) is 26.4 Å². The third-order valence-corrected chi connectivity index (χ3v) is 10.8. The van der Waals surface area contributed by atoms with E-state index < -0.39 is 0 Å². The van der Waals surface area contributed by atoms with Gasteiger partial charge >= 0.3 is 0 Å². The number of rotatable bonds is 39. The van der Waals surface area contributed by atoms with E-state index in [-0.39, 0.29) is 0 Å². The number of aromatic nitrogens is 2. The first-order valence-corrected chi connectivity index (χ1v) is 23.3. The van der Waals surface area contributed by atoms with E-state index in [4.69, 9.17) is 14.2 Å². The fraction of sp³-hybridized carbons (Fsp3) is 0.812. The van der Waals surface area contributed by atoms with Crippen LogP contribution < -0.4 is 18.8 Å². The number of imidazole rings is 1. The number of hydrogen-bond acceptors (Lipinski definition) is 3. The van der Waals surface area contributed by atoms with Crippen molar-refractivity contribution >= 4 is 0 Å². The topological polar surface area (TPSA) is 36.5 Å². The minimum absolute atomic E-state index is 0.715. The van der Waals surface area contributed by atoms with Crippen molar-refractivity contribution in [3.63, 3.8) is 0 Å². The van der Waals surface area contributed by atoms with E-state index in [1.54, 1.807) is 0 Å². The van der Waals surface area contributed by atoms with Gasteiger partial charge < -0.3 is 14.2 Å². The zero-order valence-corrected chi connectivity index (χ0v) is 35.8. The van der Waals surface area contributed by atoms with Crippen LogP contribution >= 0.6 is 0 Å². The van der Waals surface area contributed by atoms with Crippen LogP contribution in [0.2, 0.25) is 0 Å². The molecule has 1 aromatic carbocycles. The normalized spacial score (nSPS) is 11.4. The standard InChI is InChI=1S/C48H87N2O3/c1-5-9-12-15-18-21-24-27-30-33-38-51-46-41-45(43-50-37-36-49(8-4)44-50)42-47(52-39-34-31-28-25-22-19-16-13-10-6-2)48(46)53-40-35-32-29-26-23-20-17-14-11-7-3/h36-37,41-42,44H,5-35,38-40,43H2,1-4H3/q+1. The van der Waals surface area contributed by atoms with Gasteiger partial charge in [0.1, 0.15) is 18.9 Å². The van der Waals surface area contributed by atoms with Crippen molar-refractivity contribution in [2.75, 3.05) is 19.8 Å². The molecule has 0 amide bonds. The monoisotopic (exact) mass is 740 g/mol. The van der Waals surface area contributed by atoms with E-state index in [9.17, 15) is 0 Å². The lowest BCUT2D eigenvalue weighted by molar-refractivity contribution is -0.687. The predicted molar refractivity (Wildman–Crippen MR) is 228 cm³/mol. The van der Waals surface area contributed by atoms with Crippen LogP contribution in [0.5, 0.6) is 17.2 Å². The zero-order valence-electron chi connectivity index (χ0n) is 35.8. The molecular formula is C48H87N2O3+. The van der Waals surface area contributed by atoms with Gasteiger partial charge in [-0.25, -0.2) is 9.13 Å². The minimum Gasteiger partial charge on any atom is -0.490 e. The lowest BCUT2D eigenvalue weighted by Crippen LogP contribution is -2.31. The van der Waals surface area contributed by atoms with Crippen LogP contribution in [0.4, 0.5) is 0 Å². The Morgan fingerprint density at radius 1 is 0.434 bits per heavy atom. The summed E-state index contributed by atoms with van der Waals surface area (Å²) in [7, 11) is 0. The molecule has 0 aliphatic rings. The Hall–Kier alpha value is -2.17. The van der Waals surface area contributed by atoms with Crippen molar-refractivity contribution in [1.29, 1.82) is 0 Å². The summed E-state index contributed by atoms with van der Waals surface area (Å²) >= 11 is 0. The molecule has 0 unspecified atom stereocenters. The second kappa shape index (κ2) is 34.3. The molecular weight excluding hydrogens is 653 g/mol. The third-order valence-electron chi connectivity index (χ3n) is 10.8. The van der Waals surface area contributed by atoms with E-state index in [2.05, 4.69) is 67.7 Å². The molecule has 0 spiro atoms. The Balaban J connectivity index is 1.99. The second-order valence-electron chi connectivity index (χ2n) is 15.9. The largest absolute Gasteiger partial charge is 0.490 e. The lowest BCUT2D eigenvalue weighted by atomic mass is 10.1. The summed E-state index contributed by atoms with van der Waals surface area (Å²) in [6.45, 7) is 13.0. The van der Waals surface area contributed by atoms with Gasteiger partial charge in [0.2, 0.25) is 12.1 Å². The molecule has 53 heavy (non-hydrogen) atoms. The molecule has 0 saturated carbocycles. The van der Waals surface area contributed by atoms with Crippen LogP contribution in [0.3, 0.4) is 0 Å². The maximum Gasteiger partial charge on any atom is 0.244 e. The van der Waals surface area contributed by atoms with Gasteiger partial charge in [-0.15, -0.1) is 0 Å². The molecule has 0 fully saturated rings. The van der Waals surface area contributed by atoms with Crippen molar-refractivity contribution in [2.45, 2.75) is 233 Å². The summed E-state index contributed by atoms with van der Waals surface area (Å²) in [6.07, 6.45) is 46.2. The van der Waals surface area contributed by atoms with Crippen LogP contribution in [-0.2, 0) is 13.1 Å². The predicted octanol–water partition coefficient (Wildman–Crippen LogP) is 14.7. The van der Waals surface area contributed by atoms with Crippen molar-refractivity contribution in [2.24, 2.45) is 0 Å². The molecule has 5 heteroatoms. The van der Waals surface area contributed by atoms with Crippen molar-refractivity contribution in [3.8, 4) is 17.2 Å². The summed E-state index contributed by atoms with van der Waals surface area (Å²) < 4.78 is 24.3. The van der Waals surface area contributed by atoms with E-state index in [1.165, 1.54) is 179 Å². The first-order valence-electron chi connectivity index (χ1n) is 23.3. The molecule has 0 aliphatic heterocycles. The van der Waals surface area contributed by atoms with Crippen LogP contribution in [0.15, 0.2) is 30.9 Å². The van der Waals surface area contributed by atoms with Crippen molar-refractivity contribution in [3.05, 3.63) is 36.4 Å². The first kappa shape index (κ1) is 47.0. The maximum absolute atomic E-state index is 6.61. The van der Waals surface area contributed by atoms with E-state index in [0.29, 0.717) is 6.61 Å². The fourth-order valence-corrected chi connectivity index (χ4v) is 7.32. The molecule has 0 radical (unpaired) electrons. The summed E-state index contributed by atoms with van der Waals surface area (Å²) in [5.41, 5.74) is 1.20. The highest BCUT2D eigenvalue weighted by Gasteiger charge is 2.18. The summed E-state index contributed by atoms with van der Waals surface area (Å²) in [5.74, 6) is 2.54. The average molecular weight is 740 g/mol. The Morgan fingerprint density at radius 3 is 1.11 bits per heavy atom. The molecule has 1 aromatic heterocycles. The Kier molecular flexibility index (Phi) is 30.4. The van der Waals surface area contributed by atoms with Crippen LogP contribution in [0, 0.1) is 0 Å². The molecule has 1 heterocycles. The summed E-state index contributed by atoms with van der Waals surface area (Å²) in [4.78, 5) is 0. The van der Waals surface area contributed by atoms with E-state index in [0.717, 1.165) is 62.8 Å². The zero-order chi connectivity index (χ0) is 37.9. The summed E-state index contributed by atoms with van der Waals surface area (Å²) in [5, 5.41) is 0. The molecule has 0 N–H and O–H groups in total. The molecule has 5 nitrogen and oxygen atoms in total.